The molecule has 6 nitrogen and oxygen atoms in total. The summed E-state index contributed by atoms with van der Waals surface area (Å²) >= 11 is 0. The third kappa shape index (κ3) is 3.37. The van der Waals surface area contributed by atoms with Crippen LogP contribution in [0.25, 0.3) is 0 Å². The van der Waals surface area contributed by atoms with Gasteiger partial charge < -0.3 is 15.7 Å². The lowest BCUT2D eigenvalue weighted by atomic mass is 9.93. The highest BCUT2D eigenvalue weighted by atomic mass is 32.2. The van der Waals surface area contributed by atoms with Gasteiger partial charge in [-0.15, -0.1) is 0 Å². The van der Waals surface area contributed by atoms with Gasteiger partial charge in [-0.25, -0.2) is 13.6 Å². The molecule has 1 heterocycles. The van der Waals surface area contributed by atoms with E-state index in [1.165, 1.54) is 12.1 Å². The molecule has 0 spiro atoms. The number of piperidine rings is 1. The van der Waals surface area contributed by atoms with E-state index in [0.29, 0.717) is 31.6 Å². The van der Waals surface area contributed by atoms with Crippen LogP contribution in [0.15, 0.2) is 23.1 Å². The Labute approximate surface area is 113 Å². The third-order valence-corrected chi connectivity index (χ3v) is 4.34. The van der Waals surface area contributed by atoms with Gasteiger partial charge in [0, 0.05) is 24.5 Å². The standard InChI is InChI=1S/C12H19N3O3S/c1-12(16)2-4-15(5-3-12)10-6-9(13)7-11(8-10)19(14,17)18/h6-8,16H,2-5,13H2,1H3,(H2,14,17,18). The van der Waals surface area contributed by atoms with E-state index in [1.807, 2.05) is 4.90 Å². The van der Waals surface area contributed by atoms with Crippen molar-refractivity contribution in [2.24, 2.45) is 5.14 Å². The number of rotatable bonds is 2. The Balaban J connectivity index is 2.29. The van der Waals surface area contributed by atoms with Crippen molar-refractivity contribution in [1.82, 2.24) is 0 Å². The Morgan fingerprint density at radius 3 is 2.37 bits per heavy atom. The quantitative estimate of drug-likeness (QED) is 0.676. The summed E-state index contributed by atoms with van der Waals surface area (Å²) in [5, 5.41) is 15.0. The molecule has 7 heteroatoms. The number of nitrogens with two attached hydrogens (primary N) is 2. The summed E-state index contributed by atoms with van der Waals surface area (Å²) in [5.41, 5.74) is 6.15. The number of hydrogen-bond donors (Lipinski definition) is 3. The second-order valence-corrected chi connectivity index (χ2v) is 6.85. The Bertz CT molecular complexity index is 574. The molecule has 19 heavy (non-hydrogen) atoms. The van der Waals surface area contributed by atoms with E-state index in [9.17, 15) is 13.5 Å². The Hall–Kier alpha value is -1.31. The Morgan fingerprint density at radius 1 is 1.26 bits per heavy atom. The summed E-state index contributed by atoms with van der Waals surface area (Å²) < 4.78 is 22.8. The molecule has 0 bridgehead atoms. The molecule has 0 atom stereocenters. The summed E-state index contributed by atoms with van der Waals surface area (Å²) in [7, 11) is -3.77. The largest absolute Gasteiger partial charge is 0.399 e. The van der Waals surface area contributed by atoms with Gasteiger partial charge in [-0.1, -0.05) is 0 Å². The number of aliphatic hydroxyl groups is 1. The van der Waals surface area contributed by atoms with E-state index in [1.54, 1.807) is 13.0 Å². The van der Waals surface area contributed by atoms with Crippen LogP contribution in [0.1, 0.15) is 19.8 Å². The van der Waals surface area contributed by atoms with Crippen LogP contribution in [-0.4, -0.2) is 32.2 Å². The van der Waals surface area contributed by atoms with E-state index < -0.39 is 15.6 Å². The van der Waals surface area contributed by atoms with Crippen molar-refractivity contribution >= 4 is 21.4 Å². The minimum absolute atomic E-state index is 0.0137. The summed E-state index contributed by atoms with van der Waals surface area (Å²) in [6.45, 7) is 3.11. The molecule has 0 aliphatic carbocycles. The van der Waals surface area contributed by atoms with Crippen LogP contribution in [-0.2, 0) is 10.0 Å². The van der Waals surface area contributed by atoms with Crippen molar-refractivity contribution in [3.63, 3.8) is 0 Å². The summed E-state index contributed by atoms with van der Waals surface area (Å²) in [6.07, 6.45) is 1.26. The van der Waals surface area contributed by atoms with Crippen molar-refractivity contribution in [3.8, 4) is 0 Å². The van der Waals surface area contributed by atoms with Crippen molar-refractivity contribution in [3.05, 3.63) is 18.2 Å². The fraction of sp³-hybridized carbons (Fsp3) is 0.500. The van der Waals surface area contributed by atoms with E-state index in [0.717, 1.165) is 5.69 Å². The second kappa shape index (κ2) is 4.66. The molecule has 0 aromatic heterocycles. The average molecular weight is 285 g/mol. The Morgan fingerprint density at radius 2 is 1.84 bits per heavy atom. The van der Waals surface area contributed by atoms with Gasteiger partial charge >= 0.3 is 0 Å². The summed E-state index contributed by atoms with van der Waals surface area (Å²) in [6, 6.07) is 4.58. The highest BCUT2D eigenvalue weighted by Crippen LogP contribution is 2.28. The molecule has 1 aliphatic rings. The molecule has 1 fully saturated rings. The first-order chi connectivity index (χ1) is 8.67. The number of nitrogens with zero attached hydrogens (tertiary/aromatic N) is 1. The normalized spacial score (nSPS) is 19.4. The molecule has 5 N–H and O–H groups in total. The van der Waals surface area contributed by atoms with Gasteiger partial charge in [0.15, 0.2) is 0 Å². The van der Waals surface area contributed by atoms with Gasteiger partial charge in [0.1, 0.15) is 0 Å². The fourth-order valence-corrected chi connectivity index (χ4v) is 2.78. The molecule has 1 saturated heterocycles. The van der Waals surface area contributed by atoms with Crippen LogP contribution in [0.4, 0.5) is 11.4 Å². The number of anilines is 2. The predicted octanol–water partition coefficient (Wildman–Crippen LogP) is 0.267. The van der Waals surface area contributed by atoms with Gasteiger partial charge in [0.25, 0.3) is 0 Å². The van der Waals surface area contributed by atoms with Gasteiger partial charge in [0.05, 0.1) is 10.5 Å². The van der Waals surface area contributed by atoms with Crippen LogP contribution in [0.5, 0.6) is 0 Å². The highest BCUT2D eigenvalue weighted by Gasteiger charge is 2.27. The van der Waals surface area contributed by atoms with E-state index >= 15 is 0 Å². The predicted molar refractivity (Wildman–Crippen MR) is 74.3 cm³/mol. The number of hydrogen-bond acceptors (Lipinski definition) is 5. The SMILES string of the molecule is CC1(O)CCN(c2cc(N)cc(S(N)(=O)=O)c2)CC1. The van der Waals surface area contributed by atoms with Gasteiger partial charge in [-0.05, 0) is 38.0 Å². The van der Waals surface area contributed by atoms with Crippen LogP contribution in [0, 0.1) is 0 Å². The van der Waals surface area contributed by atoms with E-state index in [4.69, 9.17) is 10.9 Å². The first-order valence-electron chi connectivity index (χ1n) is 6.08. The van der Waals surface area contributed by atoms with E-state index in [2.05, 4.69) is 0 Å². The molecule has 1 aliphatic heterocycles. The lowest BCUT2D eigenvalue weighted by molar-refractivity contribution is 0.0351. The topological polar surface area (TPSA) is 110 Å². The zero-order valence-corrected chi connectivity index (χ0v) is 11.7. The first kappa shape index (κ1) is 14.1. The molecule has 0 saturated carbocycles. The molecular weight excluding hydrogens is 266 g/mol. The molecule has 2 rings (SSSR count). The zero-order valence-electron chi connectivity index (χ0n) is 10.8. The molecule has 0 amide bonds. The number of nitrogen functional groups attached to an aromatic ring is 1. The van der Waals surface area contributed by atoms with Crippen LogP contribution >= 0.6 is 0 Å². The monoisotopic (exact) mass is 285 g/mol. The molecule has 106 valence electrons. The maximum Gasteiger partial charge on any atom is 0.238 e. The lowest BCUT2D eigenvalue weighted by Crippen LogP contribution is -2.42. The minimum atomic E-state index is -3.77. The van der Waals surface area contributed by atoms with Crippen molar-refractivity contribution < 1.29 is 13.5 Å². The summed E-state index contributed by atoms with van der Waals surface area (Å²) in [5.74, 6) is 0. The van der Waals surface area contributed by atoms with Gasteiger partial charge in [-0.2, -0.15) is 0 Å². The first-order valence-corrected chi connectivity index (χ1v) is 7.63. The Kier molecular flexibility index (Phi) is 3.46. The smallest absolute Gasteiger partial charge is 0.238 e. The van der Waals surface area contributed by atoms with Crippen molar-refractivity contribution in [1.29, 1.82) is 0 Å². The molecule has 1 aromatic carbocycles. The maximum absolute atomic E-state index is 11.4. The van der Waals surface area contributed by atoms with Crippen molar-refractivity contribution in [2.75, 3.05) is 23.7 Å². The van der Waals surface area contributed by atoms with Gasteiger partial charge in [0.2, 0.25) is 10.0 Å². The molecule has 0 radical (unpaired) electrons. The summed E-state index contributed by atoms with van der Waals surface area (Å²) in [4.78, 5) is 2.02. The zero-order chi connectivity index (χ0) is 14.3. The minimum Gasteiger partial charge on any atom is -0.399 e. The van der Waals surface area contributed by atoms with Crippen LogP contribution < -0.4 is 15.8 Å². The fourth-order valence-electron chi connectivity index (χ4n) is 2.20. The number of benzene rings is 1. The molecule has 0 unspecified atom stereocenters. The second-order valence-electron chi connectivity index (χ2n) is 5.29. The molecule has 1 aromatic rings. The van der Waals surface area contributed by atoms with Crippen LogP contribution in [0.3, 0.4) is 0 Å². The average Bonchev–Trinajstić information content (AvgIpc) is 2.26. The third-order valence-electron chi connectivity index (χ3n) is 3.45. The van der Waals surface area contributed by atoms with E-state index in [-0.39, 0.29) is 4.90 Å². The maximum atomic E-state index is 11.4. The van der Waals surface area contributed by atoms with Crippen LogP contribution in [0.2, 0.25) is 0 Å². The number of sulfonamides is 1. The number of primary sulfonamides is 1. The lowest BCUT2D eigenvalue weighted by Gasteiger charge is -2.37. The highest BCUT2D eigenvalue weighted by molar-refractivity contribution is 7.89. The van der Waals surface area contributed by atoms with Crippen molar-refractivity contribution in [2.45, 2.75) is 30.3 Å². The van der Waals surface area contributed by atoms with Gasteiger partial charge in [-0.3, -0.25) is 0 Å². The molecular formula is C12H19N3O3S.